The summed E-state index contributed by atoms with van der Waals surface area (Å²) in [7, 11) is 2.17. The quantitative estimate of drug-likeness (QED) is 0.341. The lowest BCUT2D eigenvalue weighted by molar-refractivity contribution is 0.905. The molecule has 2 aromatic heterocycles. The summed E-state index contributed by atoms with van der Waals surface area (Å²) in [4.78, 5) is 3.12. The van der Waals surface area contributed by atoms with Crippen molar-refractivity contribution in [3.05, 3.63) is 70.0 Å². The second-order valence-corrected chi connectivity index (χ2v) is 7.06. The van der Waals surface area contributed by atoms with E-state index in [-0.39, 0.29) is 0 Å². The minimum atomic E-state index is 1.21. The van der Waals surface area contributed by atoms with Crippen LogP contribution in [0.4, 0.5) is 0 Å². The Balaban J connectivity index is 0.000000200. The first-order valence-corrected chi connectivity index (χ1v) is 9.88. The number of aromatic nitrogens is 2. The minimum Gasteiger partial charge on any atom is -0.361 e. The largest absolute Gasteiger partial charge is 0.361 e. The summed E-state index contributed by atoms with van der Waals surface area (Å²) in [5.41, 5.74) is 11.2. The average molecular weight is 363 g/mol. The number of aromatic amines is 1. The van der Waals surface area contributed by atoms with Gasteiger partial charge >= 0.3 is 0 Å². The van der Waals surface area contributed by atoms with Crippen molar-refractivity contribution >= 4 is 21.8 Å². The third-order valence-electron chi connectivity index (χ3n) is 5.87. The number of rotatable bonds is 0. The van der Waals surface area contributed by atoms with Crippen LogP contribution in [0, 0.1) is 41.5 Å². The third-order valence-corrected chi connectivity index (χ3v) is 5.87. The minimum absolute atomic E-state index is 1.21. The normalized spacial score (nSPS) is 10.4. The highest BCUT2D eigenvalue weighted by Gasteiger charge is 2.16. The van der Waals surface area contributed by atoms with Crippen molar-refractivity contribution in [2.45, 2.75) is 55.4 Å². The van der Waals surface area contributed by atoms with Gasteiger partial charge in [-0.3, -0.25) is 0 Å². The van der Waals surface area contributed by atoms with Gasteiger partial charge in [-0.15, -0.1) is 0 Å². The van der Waals surface area contributed by atoms with E-state index < -0.39 is 0 Å². The summed E-state index contributed by atoms with van der Waals surface area (Å²) in [6.07, 6.45) is 1.95. The van der Waals surface area contributed by atoms with Crippen molar-refractivity contribution in [3.63, 3.8) is 0 Å². The molecule has 2 nitrogen and oxygen atoms in total. The molecule has 0 aliphatic rings. The second-order valence-electron chi connectivity index (χ2n) is 7.06. The van der Waals surface area contributed by atoms with E-state index in [9.17, 15) is 0 Å². The van der Waals surface area contributed by atoms with Gasteiger partial charge in [-0.25, -0.2) is 0 Å². The summed E-state index contributed by atoms with van der Waals surface area (Å²) in [5, 5.41) is 2.73. The highest BCUT2D eigenvalue weighted by molar-refractivity contribution is 5.92. The van der Waals surface area contributed by atoms with Crippen molar-refractivity contribution in [1.29, 1.82) is 0 Å². The summed E-state index contributed by atoms with van der Waals surface area (Å²) < 4.78 is 2.33. The smallest absolute Gasteiger partial charge is 0.0517 e. The maximum Gasteiger partial charge on any atom is 0.0517 e. The topological polar surface area (TPSA) is 20.7 Å². The molecule has 0 aliphatic carbocycles. The van der Waals surface area contributed by atoms with E-state index in [1.54, 1.807) is 0 Å². The Morgan fingerprint density at radius 1 is 0.704 bits per heavy atom. The molecule has 0 bridgehead atoms. The predicted molar refractivity (Wildman–Crippen MR) is 121 cm³/mol. The van der Waals surface area contributed by atoms with Crippen molar-refractivity contribution in [2.75, 3.05) is 0 Å². The highest BCUT2D eigenvalue weighted by Crippen LogP contribution is 2.33. The first kappa shape index (κ1) is 20.8. The zero-order valence-electron chi connectivity index (χ0n) is 18.4. The van der Waals surface area contributed by atoms with Gasteiger partial charge in [-0.1, -0.05) is 32.0 Å². The molecule has 144 valence electrons. The van der Waals surface area contributed by atoms with Crippen LogP contribution in [0.1, 0.15) is 47.4 Å². The maximum absolute atomic E-state index is 3.12. The molecule has 4 rings (SSSR count). The number of hydrogen-bond acceptors (Lipinski definition) is 0. The fourth-order valence-electron chi connectivity index (χ4n) is 3.77. The van der Waals surface area contributed by atoms with Gasteiger partial charge in [0.05, 0.1) is 5.52 Å². The SMILES string of the molecule is CC.Cc1c(C)c(C)c2c(c1C)c(C)c(C)n2C.c1ccc2[nH]ccc2c1. The molecule has 2 heterocycles. The molecule has 0 saturated carbocycles. The molecule has 0 atom stereocenters. The van der Waals surface area contributed by atoms with Gasteiger partial charge in [0.1, 0.15) is 0 Å². The molecule has 27 heavy (non-hydrogen) atoms. The molecule has 0 saturated heterocycles. The van der Waals surface area contributed by atoms with Crippen LogP contribution < -0.4 is 0 Å². The average Bonchev–Trinajstić information content (AvgIpc) is 3.25. The van der Waals surface area contributed by atoms with Gasteiger partial charge in [0.15, 0.2) is 0 Å². The molecule has 0 aliphatic heterocycles. The Hall–Kier alpha value is -2.48. The molecule has 0 radical (unpaired) electrons. The summed E-state index contributed by atoms with van der Waals surface area (Å²) in [6, 6.07) is 10.3. The monoisotopic (exact) mass is 362 g/mol. The predicted octanol–water partition coefficient (Wildman–Crippen LogP) is 7.22. The van der Waals surface area contributed by atoms with Crippen LogP contribution in [0.15, 0.2) is 36.5 Å². The number of hydrogen-bond donors (Lipinski definition) is 1. The first-order valence-electron chi connectivity index (χ1n) is 9.88. The fraction of sp³-hybridized carbons (Fsp3) is 0.360. The molecular weight excluding hydrogens is 328 g/mol. The molecular formula is C25H34N2. The van der Waals surface area contributed by atoms with E-state index in [0.29, 0.717) is 0 Å². The van der Waals surface area contributed by atoms with Gasteiger partial charge in [0.2, 0.25) is 0 Å². The van der Waals surface area contributed by atoms with Crippen LogP contribution in [0.2, 0.25) is 0 Å². The molecule has 0 spiro atoms. The van der Waals surface area contributed by atoms with E-state index in [4.69, 9.17) is 0 Å². The van der Waals surface area contributed by atoms with Crippen molar-refractivity contribution in [2.24, 2.45) is 7.05 Å². The molecule has 2 heteroatoms. The van der Waals surface area contributed by atoms with E-state index in [1.165, 1.54) is 55.3 Å². The Morgan fingerprint density at radius 3 is 1.93 bits per heavy atom. The van der Waals surface area contributed by atoms with Crippen LogP contribution in [0.3, 0.4) is 0 Å². The van der Waals surface area contributed by atoms with Crippen molar-refractivity contribution in [1.82, 2.24) is 9.55 Å². The van der Waals surface area contributed by atoms with Crippen LogP contribution in [0.25, 0.3) is 21.8 Å². The number of nitrogens with zero attached hydrogens (tertiary/aromatic N) is 1. The van der Waals surface area contributed by atoms with Crippen LogP contribution in [0.5, 0.6) is 0 Å². The Labute approximate surface area is 164 Å². The van der Waals surface area contributed by atoms with Gasteiger partial charge < -0.3 is 9.55 Å². The lowest BCUT2D eigenvalue weighted by Crippen LogP contribution is -1.97. The van der Waals surface area contributed by atoms with Crippen LogP contribution in [-0.2, 0) is 7.05 Å². The highest BCUT2D eigenvalue weighted by atomic mass is 14.9. The van der Waals surface area contributed by atoms with Gasteiger partial charge in [-0.2, -0.15) is 0 Å². The van der Waals surface area contributed by atoms with Gasteiger partial charge in [0, 0.05) is 29.8 Å². The Morgan fingerprint density at radius 2 is 1.30 bits per heavy atom. The first-order chi connectivity index (χ1) is 12.8. The molecule has 0 amide bonds. The Kier molecular flexibility index (Phi) is 6.54. The zero-order valence-corrected chi connectivity index (χ0v) is 18.4. The number of benzene rings is 2. The summed E-state index contributed by atoms with van der Waals surface area (Å²) >= 11 is 0. The van der Waals surface area contributed by atoms with Crippen LogP contribution >= 0.6 is 0 Å². The fourth-order valence-corrected chi connectivity index (χ4v) is 3.77. The second kappa shape index (κ2) is 8.47. The van der Waals surface area contributed by atoms with Gasteiger partial charge in [-0.05, 0) is 86.9 Å². The molecule has 0 unspecified atom stereocenters. The third kappa shape index (κ3) is 3.66. The number of aryl methyl sites for hydroxylation is 4. The standard InChI is InChI=1S/C15H21N.C8H7N.C2H6/c1-8-9(2)11(4)15-14(10(8)3)12(5)13(6)16(15)7;1-2-4-8-7(3-1)5-6-9-8;1-2/h1-7H3;1-6,9H;1-2H3. The summed E-state index contributed by atoms with van der Waals surface area (Å²) in [5.74, 6) is 0. The van der Waals surface area contributed by atoms with Crippen molar-refractivity contribution in [3.8, 4) is 0 Å². The summed E-state index contributed by atoms with van der Waals surface area (Å²) in [6.45, 7) is 17.4. The van der Waals surface area contributed by atoms with E-state index in [2.05, 4.69) is 76.3 Å². The Bertz CT molecular complexity index is 980. The zero-order chi connectivity index (χ0) is 20.3. The lowest BCUT2D eigenvalue weighted by Gasteiger charge is -2.12. The molecule has 2 aromatic carbocycles. The lowest BCUT2D eigenvalue weighted by atomic mass is 9.94. The molecule has 1 N–H and O–H groups in total. The molecule has 4 aromatic rings. The number of H-pyrrole nitrogens is 1. The van der Waals surface area contributed by atoms with E-state index >= 15 is 0 Å². The van der Waals surface area contributed by atoms with Gasteiger partial charge in [0.25, 0.3) is 0 Å². The molecule has 0 fully saturated rings. The van der Waals surface area contributed by atoms with E-state index in [0.717, 1.165) is 0 Å². The van der Waals surface area contributed by atoms with Crippen LogP contribution in [-0.4, -0.2) is 9.55 Å². The number of para-hydroxylation sites is 1. The van der Waals surface area contributed by atoms with Crippen molar-refractivity contribution < 1.29 is 0 Å². The number of fused-ring (bicyclic) bond motifs is 2. The maximum atomic E-state index is 3.12. The van der Waals surface area contributed by atoms with E-state index in [1.807, 2.05) is 32.2 Å². The number of nitrogens with one attached hydrogen (secondary N) is 1.